The number of rotatable bonds is 4. The van der Waals surface area contributed by atoms with E-state index in [4.69, 9.17) is 0 Å². The normalized spacial score (nSPS) is 14.5. The number of hydrogen-bond donors (Lipinski definition) is 1. The number of nitrogens with zero attached hydrogens (tertiary/aromatic N) is 3. The van der Waals surface area contributed by atoms with Crippen molar-refractivity contribution < 1.29 is 18.0 Å². The highest BCUT2D eigenvalue weighted by Crippen LogP contribution is 2.46. The van der Waals surface area contributed by atoms with Crippen LogP contribution in [-0.4, -0.2) is 20.7 Å². The summed E-state index contributed by atoms with van der Waals surface area (Å²) in [5.41, 5.74) is 0.555. The molecule has 1 fully saturated rings. The molecule has 1 aromatic carbocycles. The zero-order valence-corrected chi connectivity index (χ0v) is 15.5. The molecule has 9 heteroatoms. The van der Waals surface area contributed by atoms with E-state index in [1.807, 2.05) is 12.1 Å². The monoisotopic (exact) mass is 438 g/mol. The molecular weight excluding hydrogens is 425 g/mol. The predicted octanol–water partition coefficient (Wildman–Crippen LogP) is 4.73. The fourth-order valence-electron chi connectivity index (χ4n) is 3.03. The van der Waals surface area contributed by atoms with Crippen molar-refractivity contribution in [1.82, 2.24) is 14.8 Å². The summed E-state index contributed by atoms with van der Waals surface area (Å²) in [4.78, 5) is 16.7. The average molecular weight is 439 g/mol. The van der Waals surface area contributed by atoms with Gasteiger partial charge >= 0.3 is 6.18 Å². The molecule has 1 N–H and O–H groups in total. The summed E-state index contributed by atoms with van der Waals surface area (Å²) in [5, 5.41) is 7.24. The molecule has 3 aromatic rings. The van der Waals surface area contributed by atoms with Crippen molar-refractivity contribution in [2.75, 3.05) is 5.32 Å². The van der Waals surface area contributed by atoms with E-state index >= 15 is 0 Å². The highest BCUT2D eigenvalue weighted by molar-refractivity contribution is 9.10. The van der Waals surface area contributed by atoms with Crippen molar-refractivity contribution in [2.24, 2.45) is 0 Å². The molecule has 140 valence electrons. The molecule has 0 radical (unpaired) electrons. The lowest BCUT2D eigenvalue weighted by atomic mass is 10.2. The summed E-state index contributed by atoms with van der Waals surface area (Å²) in [7, 11) is 0. The highest BCUT2D eigenvalue weighted by atomic mass is 79.9. The number of amides is 1. The molecular formula is C18H14BrF3N4O. The van der Waals surface area contributed by atoms with E-state index in [-0.39, 0.29) is 16.9 Å². The number of anilines is 1. The molecule has 0 spiro atoms. The van der Waals surface area contributed by atoms with Gasteiger partial charge in [-0.15, -0.1) is 0 Å². The maximum Gasteiger partial charge on any atom is 0.436 e. The molecule has 1 aliphatic carbocycles. The van der Waals surface area contributed by atoms with Crippen molar-refractivity contribution >= 4 is 38.4 Å². The van der Waals surface area contributed by atoms with Gasteiger partial charge in [-0.3, -0.25) is 14.5 Å². The van der Waals surface area contributed by atoms with E-state index in [9.17, 15) is 18.0 Å². The van der Waals surface area contributed by atoms with Gasteiger partial charge in [-0.25, -0.2) is 0 Å². The summed E-state index contributed by atoms with van der Waals surface area (Å²) in [6, 6.07) is 9.00. The van der Waals surface area contributed by atoms with Crippen LogP contribution in [0, 0.1) is 0 Å². The van der Waals surface area contributed by atoms with Crippen LogP contribution >= 0.6 is 15.9 Å². The Morgan fingerprint density at radius 1 is 1.26 bits per heavy atom. The third-order valence-electron chi connectivity index (χ3n) is 4.36. The topological polar surface area (TPSA) is 59.8 Å². The molecule has 1 amide bonds. The van der Waals surface area contributed by atoms with Gasteiger partial charge in [-0.1, -0.05) is 18.2 Å². The lowest BCUT2D eigenvalue weighted by molar-refractivity contribution is -0.142. The number of carbonyl (C=O) groups is 1. The smallest absolute Gasteiger partial charge is 0.323 e. The second-order valence-electron chi connectivity index (χ2n) is 6.41. The largest absolute Gasteiger partial charge is 0.436 e. The van der Waals surface area contributed by atoms with Crippen LogP contribution in [0.4, 0.5) is 18.9 Å². The Morgan fingerprint density at radius 2 is 2.00 bits per heavy atom. The van der Waals surface area contributed by atoms with E-state index in [0.717, 1.165) is 22.9 Å². The van der Waals surface area contributed by atoms with Crippen LogP contribution in [0.15, 0.2) is 41.0 Å². The standard InChI is InChI=1S/C18H14BrF3N4O/c19-14-16(11-6-7-11)26(25-17(14)18(20,21)22)9-13(27)24-12-5-1-3-10-4-2-8-23-15(10)12/h1-5,8,11H,6-7,9H2,(H,24,27). The van der Waals surface area contributed by atoms with Crippen LogP contribution in [0.2, 0.25) is 0 Å². The fraction of sp³-hybridized carbons (Fsp3) is 0.278. The fourth-order valence-corrected chi connectivity index (χ4v) is 3.86. The molecule has 5 nitrogen and oxygen atoms in total. The summed E-state index contributed by atoms with van der Waals surface area (Å²) in [5.74, 6) is -0.464. The lowest BCUT2D eigenvalue weighted by Gasteiger charge is -2.10. The van der Waals surface area contributed by atoms with Gasteiger partial charge in [-0.05, 0) is 40.9 Å². The third kappa shape index (κ3) is 3.55. The van der Waals surface area contributed by atoms with Gasteiger partial charge in [0, 0.05) is 17.5 Å². The predicted molar refractivity (Wildman–Crippen MR) is 97.3 cm³/mol. The molecule has 1 aliphatic rings. The number of carbonyl (C=O) groups excluding carboxylic acids is 1. The first-order chi connectivity index (χ1) is 12.8. The van der Waals surface area contributed by atoms with Gasteiger partial charge in [0.25, 0.3) is 0 Å². The van der Waals surface area contributed by atoms with Gasteiger partial charge in [0.1, 0.15) is 6.54 Å². The van der Waals surface area contributed by atoms with Crippen LogP contribution in [0.25, 0.3) is 10.9 Å². The van der Waals surface area contributed by atoms with Crippen molar-refractivity contribution in [3.63, 3.8) is 0 Å². The Hall–Kier alpha value is -2.42. The first-order valence-electron chi connectivity index (χ1n) is 8.31. The minimum absolute atomic E-state index is 0.00463. The minimum Gasteiger partial charge on any atom is -0.323 e. The Labute approximate surface area is 160 Å². The van der Waals surface area contributed by atoms with Crippen LogP contribution in [0.5, 0.6) is 0 Å². The number of hydrogen-bond acceptors (Lipinski definition) is 3. The Bertz CT molecular complexity index is 1020. The second kappa shape index (κ2) is 6.63. The lowest BCUT2D eigenvalue weighted by Crippen LogP contribution is -2.21. The molecule has 27 heavy (non-hydrogen) atoms. The Kier molecular flexibility index (Phi) is 4.41. The van der Waals surface area contributed by atoms with Crippen LogP contribution < -0.4 is 5.32 Å². The van der Waals surface area contributed by atoms with E-state index in [0.29, 0.717) is 16.9 Å². The summed E-state index contributed by atoms with van der Waals surface area (Å²) in [6.45, 7) is -0.302. The van der Waals surface area contributed by atoms with Crippen molar-refractivity contribution in [3.05, 3.63) is 52.4 Å². The van der Waals surface area contributed by atoms with Gasteiger partial charge in [0.05, 0.1) is 21.4 Å². The summed E-state index contributed by atoms with van der Waals surface area (Å²) in [6.07, 6.45) is -1.39. The summed E-state index contributed by atoms with van der Waals surface area (Å²) >= 11 is 3.02. The van der Waals surface area contributed by atoms with Gasteiger partial charge < -0.3 is 5.32 Å². The third-order valence-corrected chi connectivity index (χ3v) is 5.15. The molecule has 0 atom stereocenters. The molecule has 1 saturated carbocycles. The molecule has 2 heterocycles. The van der Waals surface area contributed by atoms with Crippen molar-refractivity contribution in [3.8, 4) is 0 Å². The number of aromatic nitrogens is 3. The van der Waals surface area contributed by atoms with Crippen LogP contribution in [0.1, 0.15) is 30.1 Å². The molecule has 2 aromatic heterocycles. The maximum atomic E-state index is 13.2. The number of pyridine rings is 1. The van der Waals surface area contributed by atoms with Crippen LogP contribution in [0.3, 0.4) is 0 Å². The van der Waals surface area contributed by atoms with Gasteiger partial charge in [0.2, 0.25) is 5.91 Å². The zero-order chi connectivity index (χ0) is 19.2. The number of benzene rings is 1. The Balaban J connectivity index is 1.61. The van der Waals surface area contributed by atoms with E-state index in [2.05, 4.69) is 31.3 Å². The minimum atomic E-state index is -4.58. The maximum absolute atomic E-state index is 13.2. The number of fused-ring (bicyclic) bond motifs is 1. The highest BCUT2D eigenvalue weighted by Gasteiger charge is 2.41. The molecule has 0 unspecified atom stereocenters. The number of alkyl halides is 3. The van der Waals surface area contributed by atoms with Crippen LogP contribution in [-0.2, 0) is 17.5 Å². The Morgan fingerprint density at radius 3 is 2.70 bits per heavy atom. The van der Waals surface area contributed by atoms with E-state index in [1.54, 1.807) is 24.4 Å². The van der Waals surface area contributed by atoms with E-state index < -0.39 is 17.8 Å². The molecule has 0 saturated heterocycles. The quantitative estimate of drug-likeness (QED) is 0.640. The van der Waals surface area contributed by atoms with Crippen molar-refractivity contribution in [1.29, 1.82) is 0 Å². The van der Waals surface area contributed by atoms with E-state index in [1.165, 1.54) is 0 Å². The number of nitrogens with one attached hydrogen (secondary N) is 1. The second-order valence-corrected chi connectivity index (χ2v) is 7.20. The molecule has 0 aliphatic heterocycles. The summed E-state index contributed by atoms with van der Waals surface area (Å²) < 4.78 is 40.6. The molecule has 0 bridgehead atoms. The molecule has 4 rings (SSSR count). The first kappa shape index (κ1) is 18.0. The number of halogens is 4. The van der Waals surface area contributed by atoms with Gasteiger partial charge in [-0.2, -0.15) is 18.3 Å². The van der Waals surface area contributed by atoms with Gasteiger partial charge in [0.15, 0.2) is 5.69 Å². The number of para-hydroxylation sites is 1. The zero-order valence-electron chi connectivity index (χ0n) is 13.9. The average Bonchev–Trinajstić information content (AvgIpc) is 3.38. The first-order valence-corrected chi connectivity index (χ1v) is 9.11. The SMILES string of the molecule is O=C(Cn1nc(C(F)(F)F)c(Br)c1C1CC1)Nc1cccc2cccnc12. The van der Waals surface area contributed by atoms with Crippen molar-refractivity contribution in [2.45, 2.75) is 31.5 Å².